The summed E-state index contributed by atoms with van der Waals surface area (Å²) in [6.45, 7) is 2.57. The molecule has 2 aromatic rings. The molecule has 4 N–H and O–H groups in total. The van der Waals surface area contributed by atoms with Gasteiger partial charge < -0.3 is 16.4 Å². The van der Waals surface area contributed by atoms with Crippen molar-refractivity contribution in [3.63, 3.8) is 0 Å². The van der Waals surface area contributed by atoms with Crippen molar-refractivity contribution in [1.82, 2.24) is 4.31 Å². The molecule has 8 nitrogen and oxygen atoms in total. The lowest BCUT2D eigenvalue weighted by molar-refractivity contribution is -0.114. The first-order chi connectivity index (χ1) is 14.7. The van der Waals surface area contributed by atoms with E-state index in [0.717, 1.165) is 25.3 Å². The molecule has 0 unspecified atom stereocenters. The molecule has 1 aliphatic rings. The van der Waals surface area contributed by atoms with Gasteiger partial charge in [-0.05, 0) is 55.7 Å². The summed E-state index contributed by atoms with van der Waals surface area (Å²) in [6.07, 6.45) is 2.69. The zero-order valence-corrected chi connectivity index (χ0v) is 18.0. The minimum atomic E-state index is -3.62. The van der Waals surface area contributed by atoms with Crippen molar-refractivity contribution in [1.29, 1.82) is 0 Å². The molecule has 0 aromatic heterocycles. The van der Waals surface area contributed by atoms with E-state index in [-0.39, 0.29) is 17.0 Å². The highest BCUT2D eigenvalue weighted by Crippen LogP contribution is 2.25. The molecule has 0 radical (unpaired) electrons. The van der Waals surface area contributed by atoms with Gasteiger partial charge in [-0.3, -0.25) is 9.59 Å². The molecular weight excluding hydrogens is 423 g/mol. The molecule has 0 saturated carbocycles. The van der Waals surface area contributed by atoms with Crippen molar-refractivity contribution in [2.24, 2.45) is 5.73 Å². The van der Waals surface area contributed by atoms with Crippen LogP contribution in [0.4, 0.5) is 15.8 Å². The van der Waals surface area contributed by atoms with Crippen LogP contribution in [0.25, 0.3) is 0 Å². The van der Waals surface area contributed by atoms with Crippen LogP contribution in [-0.2, 0) is 14.8 Å². The molecule has 1 saturated heterocycles. The van der Waals surface area contributed by atoms with Crippen molar-refractivity contribution in [3.05, 3.63) is 53.3 Å². The number of aryl methyl sites for hydroxylation is 1. The van der Waals surface area contributed by atoms with Crippen molar-refractivity contribution >= 4 is 33.2 Å². The molecule has 0 bridgehead atoms. The third kappa shape index (κ3) is 5.39. The van der Waals surface area contributed by atoms with Crippen LogP contribution in [0.5, 0.6) is 0 Å². The Labute approximate surface area is 180 Å². The van der Waals surface area contributed by atoms with Crippen LogP contribution >= 0.6 is 0 Å². The number of carbonyl (C=O) groups excluding carboxylic acids is 2. The Morgan fingerprint density at radius 2 is 1.81 bits per heavy atom. The van der Waals surface area contributed by atoms with E-state index in [0.29, 0.717) is 30.0 Å². The monoisotopic (exact) mass is 448 g/mol. The molecular formula is C21H25FN4O4S. The van der Waals surface area contributed by atoms with E-state index in [1.807, 2.05) is 0 Å². The summed E-state index contributed by atoms with van der Waals surface area (Å²) in [4.78, 5) is 23.8. The van der Waals surface area contributed by atoms with Crippen LogP contribution in [0.15, 0.2) is 41.3 Å². The molecule has 1 aliphatic heterocycles. The van der Waals surface area contributed by atoms with Crippen LogP contribution in [0.2, 0.25) is 0 Å². The molecule has 3 rings (SSSR count). The lowest BCUT2D eigenvalue weighted by atomic mass is 10.1. The summed E-state index contributed by atoms with van der Waals surface area (Å²) in [5.41, 5.74) is 6.29. The van der Waals surface area contributed by atoms with Gasteiger partial charge in [-0.2, -0.15) is 4.31 Å². The standard InChI is InChI=1S/C21H25FN4O4S/c1-14-5-7-16(31(29,30)26-9-3-2-4-10-26)12-19(14)25-20(27)13-24-15-6-8-18(22)17(11-15)21(23)28/h5-8,11-12,24H,2-4,9-10,13H2,1H3,(H2,23,28)(H,25,27). The zero-order chi connectivity index (χ0) is 22.6. The summed E-state index contributed by atoms with van der Waals surface area (Å²) in [5.74, 6) is -2.08. The van der Waals surface area contributed by atoms with Gasteiger partial charge in [0.15, 0.2) is 0 Å². The SMILES string of the molecule is Cc1ccc(S(=O)(=O)N2CCCCC2)cc1NC(=O)CNc1ccc(F)c(C(N)=O)c1. The molecule has 2 aromatic carbocycles. The van der Waals surface area contributed by atoms with E-state index in [9.17, 15) is 22.4 Å². The number of nitrogens with one attached hydrogen (secondary N) is 2. The maximum absolute atomic E-state index is 13.6. The summed E-state index contributed by atoms with van der Waals surface area (Å²) in [5, 5.41) is 5.48. The predicted octanol–water partition coefficient (Wildman–Crippen LogP) is 2.46. The van der Waals surface area contributed by atoms with Crippen LogP contribution in [0.3, 0.4) is 0 Å². The van der Waals surface area contributed by atoms with E-state index in [1.54, 1.807) is 13.0 Å². The summed E-state index contributed by atoms with van der Waals surface area (Å²) >= 11 is 0. The second-order valence-electron chi connectivity index (χ2n) is 7.40. The van der Waals surface area contributed by atoms with Gasteiger partial charge in [-0.15, -0.1) is 0 Å². The van der Waals surface area contributed by atoms with Crippen LogP contribution < -0.4 is 16.4 Å². The summed E-state index contributed by atoms with van der Waals surface area (Å²) in [6, 6.07) is 8.34. The smallest absolute Gasteiger partial charge is 0.251 e. The highest BCUT2D eigenvalue weighted by molar-refractivity contribution is 7.89. The quantitative estimate of drug-likeness (QED) is 0.601. The highest BCUT2D eigenvalue weighted by atomic mass is 32.2. The van der Waals surface area contributed by atoms with Gasteiger partial charge in [0.05, 0.1) is 17.0 Å². The number of primary amides is 1. The Morgan fingerprint density at radius 3 is 2.48 bits per heavy atom. The van der Waals surface area contributed by atoms with Gasteiger partial charge in [0, 0.05) is 24.5 Å². The lowest BCUT2D eigenvalue weighted by Crippen LogP contribution is -2.35. The number of carbonyl (C=O) groups is 2. The molecule has 1 heterocycles. The van der Waals surface area contributed by atoms with Crippen molar-refractivity contribution in [3.8, 4) is 0 Å². The number of amides is 2. The van der Waals surface area contributed by atoms with E-state index < -0.39 is 27.7 Å². The van der Waals surface area contributed by atoms with Crippen LogP contribution in [0, 0.1) is 12.7 Å². The van der Waals surface area contributed by atoms with Crippen molar-refractivity contribution < 1.29 is 22.4 Å². The van der Waals surface area contributed by atoms with E-state index in [1.165, 1.54) is 28.6 Å². The van der Waals surface area contributed by atoms with Gasteiger partial charge in [-0.25, -0.2) is 12.8 Å². The topological polar surface area (TPSA) is 122 Å². The van der Waals surface area contributed by atoms with Gasteiger partial charge in [0.1, 0.15) is 5.82 Å². The number of hydrogen-bond donors (Lipinski definition) is 3. The number of nitrogens with zero attached hydrogens (tertiary/aromatic N) is 1. The maximum atomic E-state index is 13.6. The number of rotatable bonds is 7. The number of piperidine rings is 1. The second-order valence-corrected chi connectivity index (χ2v) is 9.34. The fourth-order valence-electron chi connectivity index (χ4n) is 3.35. The molecule has 166 valence electrons. The third-order valence-electron chi connectivity index (χ3n) is 5.12. The molecule has 0 atom stereocenters. The molecule has 0 spiro atoms. The number of benzene rings is 2. The fourth-order valence-corrected chi connectivity index (χ4v) is 4.90. The first-order valence-corrected chi connectivity index (χ1v) is 11.4. The molecule has 10 heteroatoms. The number of hydrogen-bond acceptors (Lipinski definition) is 5. The number of sulfonamides is 1. The first kappa shape index (κ1) is 22.7. The Balaban J connectivity index is 1.69. The van der Waals surface area contributed by atoms with Gasteiger partial charge in [-0.1, -0.05) is 12.5 Å². The van der Waals surface area contributed by atoms with E-state index in [4.69, 9.17) is 5.73 Å². The number of nitrogens with two attached hydrogens (primary N) is 1. The molecule has 2 amide bonds. The van der Waals surface area contributed by atoms with Crippen molar-refractivity contribution in [2.75, 3.05) is 30.3 Å². The Kier molecular flexibility index (Phi) is 6.91. The fraction of sp³-hybridized carbons (Fsp3) is 0.333. The van der Waals surface area contributed by atoms with E-state index >= 15 is 0 Å². The minimum absolute atomic E-state index is 0.132. The average molecular weight is 449 g/mol. The highest BCUT2D eigenvalue weighted by Gasteiger charge is 2.26. The Bertz CT molecular complexity index is 1100. The Hall–Kier alpha value is -2.98. The largest absolute Gasteiger partial charge is 0.376 e. The normalized spacial score (nSPS) is 14.8. The summed E-state index contributed by atoms with van der Waals surface area (Å²) in [7, 11) is -3.62. The van der Waals surface area contributed by atoms with Crippen LogP contribution in [0.1, 0.15) is 35.2 Å². The lowest BCUT2D eigenvalue weighted by Gasteiger charge is -2.26. The Morgan fingerprint density at radius 1 is 1.10 bits per heavy atom. The average Bonchev–Trinajstić information content (AvgIpc) is 2.75. The zero-order valence-electron chi connectivity index (χ0n) is 17.2. The number of anilines is 2. The summed E-state index contributed by atoms with van der Waals surface area (Å²) < 4.78 is 40.8. The first-order valence-electron chi connectivity index (χ1n) is 9.92. The minimum Gasteiger partial charge on any atom is -0.376 e. The third-order valence-corrected chi connectivity index (χ3v) is 7.02. The van der Waals surface area contributed by atoms with Gasteiger partial charge in [0.2, 0.25) is 15.9 Å². The van der Waals surface area contributed by atoms with Crippen molar-refractivity contribution in [2.45, 2.75) is 31.1 Å². The van der Waals surface area contributed by atoms with Crippen LogP contribution in [-0.4, -0.2) is 44.2 Å². The molecule has 31 heavy (non-hydrogen) atoms. The molecule has 1 fully saturated rings. The van der Waals surface area contributed by atoms with Gasteiger partial charge in [0.25, 0.3) is 5.91 Å². The van der Waals surface area contributed by atoms with Gasteiger partial charge >= 0.3 is 0 Å². The predicted molar refractivity (Wildman–Crippen MR) is 116 cm³/mol. The second kappa shape index (κ2) is 9.44. The molecule has 0 aliphatic carbocycles. The van der Waals surface area contributed by atoms with E-state index in [2.05, 4.69) is 10.6 Å². The number of halogens is 1. The maximum Gasteiger partial charge on any atom is 0.251 e.